The average Bonchev–Trinajstić information content (AvgIpc) is 2.80. The van der Waals surface area contributed by atoms with Crippen molar-refractivity contribution in [1.82, 2.24) is 4.98 Å². The highest BCUT2D eigenvalue weighted by Crippen LogP contribution is 2.20. The van der Waals surface area contributed by atoms with E-state index in [4.69, 9.17) is 9.84 Å². The first kappa shape index (κ1) is 11.0. The van der Waals surface area contributed by atoms with Crippen LogP contribution in [-0.2, 0) is 13.2 Å². The molecule has 84 valence electrons. The van der Waals surface area contributed by atoms with Gasteiger partial charge in [0, 0.05) is 11.6 Å². The predicted octanol–water partition coefficient (Wildman–Crippen LogP) is 2.35. The van der Waals surface area contributed by atoms with Gasteiger partial charge in [0.25, 0.3) is 0 Å². The van der Waals surface area contributed by atoms with Crippen LogP contribution in [0.15, 0.2) is 29.8 Å². The van der Waals surface area contributed by atoms with Crippen LogP contribution in [0.3, 0.4) is 0 Å². The molecule has 0 unspecified atom stereocenters. The van der Waals surface area contributed by atoms with E-state index in [0.717, 1.165) is 5.01 Å². The maximum atomic E-state index is 13.4. The van der Waals surface area contributed by atoms with Crippen LogP contribution < -0.4 is 4.74 Å². The number of aliphatic hydroxyl groups excluding tert-OH is 1. The number of hydrogen-bond donors (Lipinski definition) is 1. The summed E-state index contributed by atoms with van der Waals surface area (Å²) in [7, 11) is 0. The highest BCUT2D eigenvalue weighted by molar-refractivity contribution is 7.09. The molecule has 5 heteroatoms. The van der Waals surface area contributed by atoms with Gasteiger partial charge in [-0.25, -0.2) is 9.37 Å². The Morgan fingerprint density at radius 1 is 1.44 bits per heavy atom. The summed E-state index contributed by atoms with van der Waals surface area (Å²) < 4.78 is 18.7. The van der Waals surface area contributed by atoms with Gasteiger partial charge in [-0.2, -0.15) is 0 Å². The van der Waals surface area contributed by atoms with Crippen molar-refractivity contribution in [3.63, 3.8) is 0 Å². The molecule has 2 aromatic rings. The van der Waals surface area contributed by atoms with Crippen LogP contribution in [0.25, 0.3) is 0 Å². The molecule has 1 N–H and O–H groups in total. The van der Waals surface area contributed by atoms with Gasteiger partial charge in [0.2, 0.25) is 0 Å². The fraction of sp³-hybridized carbons (Fsp3) is 0.182. The van der Waals surface area contributed by atoms with E-state index < -0.39 is 5.82 Å². The monoisotopic (exact) mass is 239 g/mol. The lowest BCUT2D eigenvalue weighted by molar-refractivity contribution is 0.276. The Morgan fingerprint density at radius 2 is 2.31 bits per heavy atom. The van der Waals surface area contributed by atoms with Crippen LogP contribution in [0.2, 0.25) is 0 Å². The Hall–Kier alpha value is -1.46. The molecular weight excluding hydrogens is 229 g/mol. The van der Waals surface area contributed by atoms with Crippen LogP contribution in [-0.4, -0.2) is 10.1 Å². The maximum absolute atomic E-state index is 13.4. The summed E-state index contributed by atoms with van der Waals surface area (Å²) in [5.41, 5.74) is 0.527. The molecule has 1 heterocycles. The number of rotatable bonds is 4. The number of thiazole rings is 1. The molecule has 3 nitrogen and oxygen atoms in total. The lowest BCUT2D eigenvalue weighted by Gasteiger charge is -2.06. The van der Waals surface area contributed by atoms with E-state index in [2.05, 4.69) is 4.98 Å². The molecule has 16 heavy (non-hydrogen) atoms. The van der Waals surface area contributed by atoms with E-state index in [-0.39, 0.29) is 19.0 Å². The molecule has 0 atom stereocenters. The van der Waals surface area contributed by atoms with Crippen molar-refractivity contribution < 1.29 is 14.2 Å². The van der Waals surface area contributed by atoms with Crippen molar-refractivity contribution in [2.45, 2.75) is 13.2 Å². The van der Waals surface area contributed by atoms with Gasteiger partial charge in [-0.15, -0.1) is 11.3 Å². The van der Waals surface area contributed by atoms with E-state index in [9.17, 15) is 4.39 Å². The van der Waals surface area contributed by atoms with Crippen LogP contribution in [0.4, 0.5) is 4.39 Å². The van der Waals surface area contributed by atoms with Crippen molar-refractivity contribution in [3.05, 3.63) is 46.2 Å². The molecule has 1 aromatic carbocycles. The number of benzene rings is 1. The minimum Gasteiger partial charge on any atom is -0.483 e. The molecule has 0 saturated carbocycles. The fourth-order valence-corrected chi connectivity index (χ4v) is 1.75. The molecule has 0 spiro atoms. The summed E-state index contributed by atoms with van der Waals surface area (Å²) >= 11 is 1.46. The smallest absolute Gasteiger partial charge is 0.165 e. The van der Waals surface area contributed by atoms with Gasteiger partial charge < -0.3 is 9.84 Å². The SMILES string of the molecule is OCc1ccc(OCc2nccs2)c(F)c1. The molecular formula is C11H10FNO2S. The molecule has 0 radical (unpaired) electrons. The zero-order valence-electron chi connectivity index (χ0n) is 8.39. The second kappa shape index (κ2) is 5.05. The van der Waals surface area contributed by atoms with Gasteiger partial charge in [-0.05, 0) is 17.7 Å². The zero-order chi connectivity index (χ0) is 11.4. The largest absolute Gasteiger partial charge is 0.483 e. The van der Waals surface area contributed by atoms with Gasteiger partial charge in [-0.3, -0.25) is 0 Å². The maximum Gasteiger partial charge on any atom is 0.165 e. The van der Waals surface area contributed by atoms with Crippen molar-refractivity contribution in [1.29, 1.82) is 0 Å². The first-order valence-electron chi connectivity index (χ1n) is 4.70. The summed E-state index contributed by atoms with van der Waals surface area (Å²) in [5.74, 6) is -0.296. The van der Waals surface area contributed by atoms with E-state index >= 15 is 0 Å². The quantitative estimate of drug-likeness (QED) is 0.890. The number of hydrogen-bond acceptors (Lipinski definition) is 4. The van der Waals surface area contributed by atoms with Crippen LogP contribution in [0, 0.1) is 5.82 Å². The number of ether oxygens (including phenoxy) is 1. The van der Waals surface area contributed by atoms with Crippen molar-refractivity contribution >= 4 is 11.3 Å². The minimum atomic E-state index is -0.469. The van der Waals surface area contributed by atoms with Crippen molar-refractivity contribution in [2.75, 3.05) is 0 Å². The van der Waals surface area contributed by atoms with E-state index in [1.165, 1.54) is 23.5 Å². The highest BCUT2D eigenvalue weighted by atomic mass is 32.1. The minimum absolute atomic E-state index is 0.174. The van der Waals surface area contributed by atoms with Crippen LogP contribution >= 0.6 is 11.3 Å². The van der Waals surface area contributed by atoms with Gasteiger partial charge in [0.05, 0.1) is 6.61 Å². The van der Waals surface area contributed by atoms with Crippen LogP contribution in [0.1, 0.15) is 10.6 Å². The van der Waals surface area contributed by atoms with E-state index in [0.29, 0.717) is 5.56 Å². The van der Waals surface area contributed by atoms with E-state index in [1.54, 1.807) is 12.3 Å². The Morgan fingerprint density at radius 3 is 2.94 bits per heavy atom. The molecule has 0 aliphatic carbocycles. The molecule has 2 rings (SSSR count). The third-order valence-electron chi connectivity index (χ3n) is 2.01. The number of aromatic nitrogens is 1. The molecule has 0 aliphatic rings. The van der Waals surface area contributed by atoms with Gasteiger partial charge in [0.15, 0.2) is 11.6 Å². The number of nitrogens with zero attached hydrogens (tertiary/aromatic N) is 1. The molecule has 0 amide bonds. The molecule has 0 fully saturated rings. The van der Waals surface area contributed by atoms with Gasteiger partial charge in [-0.1, -0.05) is 6.07 Å². The molecule has 0 saturated heterocycles. The standard InChI is InChI=1S/C11H10FNO2S/c12-9-5-8(6-14)1-2-10(9)15-7-11-13-3-4-16-11/h1-5,14H,6-7H2. The lowest BCUT2D eigenvalue weighted by atomic mass is 10.2. The molecule has 0 bridgehead atoms. The lowest BCUT2D eigenvalue weighted by Crippen LogP contribution is -1.97. The summed E-state index contributed by atoms with van der Waals surface area (Å²) in [6.07, 6.45) is 1.68. The highest BCUT2D eigenvalue weighted by Gasteiger charge is 2.05. The summed E-state index contributed by atoms with van der Waals surface area (Å²) in [6, 6.07) is 4.39. The number of aliphatic hydroxyl groups is 1. The fourth-order valence-electron chi connectivity index (χ4n) is 1.22. The molecule has 0 aliphatic heterocycles. The second-order valence-electron chi connectivity index (χ2n) is 3.14. The first-order valence-corrected chi connectivity index (χ1v) is 5.58. The van der Waals surface area contributed by atoms with Gasteiger partial charge >= 0.3 is 0 Å². The summed E-state index contributed by atoms with van der Waals surface area (Å²) in [4.78, 5) is 4.03. The van der Waals surface area contributed by atoms with Gasteiger partial charge in [0.1, 0.15) is 11.6 Å². The topological polar surface area (TPSA) is 42.4 Å². The Labute approximate surface area is 96.2 Å². The normalized spacial score (nSPS) is 10.4. The van der Waals surface area contributed by atoms with E-state index in [1.807, 2.05) is 5.38 Å². The zero-order valence-corrected chi connectivity index (χ0v) is 9.21. The predicted molar refractivity (Wildman–Crippen MR) is 58.8 cm³/mol. The Balaban J connectivity index is 2.04. The van der Waals surface area contributed by atoms with Crippen LogP contribution in [0.5, 0.6) is 5.75 Å². The number of halogens is 1. The Bertz CT molecular complexity index is 459. The summed E-state index contributed by atoms with van der Waals surface area (Å²) in [5, 5.41) is 11.5. The second-order valence-corrected chi connectivity index (χ2v) is 4.12. The molecule has 1 aromatic heterocycles. The summed E-state index contributed by atoms with van der Waals surface area (Å²) in [6.45, 7) is 0.0801. The average molecular weight is 239 g/mol. The van der Waals surface area contributed by atoms with Crippen molar-refractivity contribution in [2.24, 2.45) is 0 Å². The Kier molecular flexibility index (Phi) is 3.48. The van der Waals surface area contributed by atoms with Crippen molar-refractivity contribution in [3.8, 4) is 5.75 Å². The third-order valence-corrected chi connectivity index (χ3v) is 2.77. The first-order chi connectivity index (χ1) is 7.79. The third kappa shape index (κ3) is 2.56.